The predicted molar refractivity (Wildman–Crippen MR) is 135 cm³/mol. The van der Waals surface area contributed by atoms with E-state index in [9.17, 15) is 51.0 Å². The number of hydrogen-bond acceptors (Lipinski definition) is 8. The highest BCUT2D eigenvalue weighted by atomic mass is 31.1. The first-order valence-electron chi connectivity index (χ1n) is 11.7. The SMILES string of the molecule is NC(=O)[C@H](Cc1ccc(C(F)(F)O[P+](=O)O)cc1)NC(=O)[C@H](CC(=O)O)NC(=O)Cc1ccc(C(F)(F)O[P+](=O)O)cc1. The molecule has 20 heteroatoms. The Labute approximate surface area is 241 Å². The molecule has 0 spiro atoms. The molecule has 0 aromatic heterocycles. The lowest BCUT2D eigenvalue weighted by molar-refractivity contribution is -0.186. The second-order valence-electron chi connectivity index (χ2n) is 8.65. The molecule has 0 radical (unpaired) electrons. The molecule has 2 aromatic carbocycles. The number of carboxylic acid groups (broad SMARTS) is 1. The van der Waals surface area contributed by atoms with E-state index in [0.29, 0.717) is 0 Å². The molecule has 0 aliphatic heterocycles. The first kappa shape index (κ1) is 35.3. The van der Waals surface area contributed by atoms with Crippen molar-refractivity contribution in [3.63, 3.8) is 0 Å². The minimum atomic E-state index is -4.11. The van der Waals surface area contributed by atoms with E-state index in [-0.39, 0.29) is 17.5 Å². The van der Waals surface area contributed by atoms with E-state index in [4.69, 9.17) is 15.5 Å². The summed E-state index contributed by atoms with van der Waals surface area (Å²) in [6, 6.07) is 4.35. The number of benzene rings is 2. The molecule has 2 aromatic rings. The Bertz CT molecular complexity index is 1380. The Kier molecular flexibility index (Phi) is 12.3. The zero-order chi connectivity index (χ0) is 32.5. The van der Waals surface area contributed by atoms with E-state index in [1.165, 1.54) is 0 Å². The van der Waals surface area contributed by atoms with Gasteiger partial charge >= 0.3 is 34.7 Å². The third-order valence-electron chi connectivity index (χ3n) is 5.46. The second-order valence-corrected chi connectivity index (χ2v) is 9.96. The molecule has 0 fully saturated rings. The van der Waals surface area contributed by atoms with Gasteiger partial charge in [0, 0.05) is 15.6 Å². The molecule has 0 aliphatic carbocycles. The Balaban J connectivity index is 2.10. The summed E-state index contributed by atoms with van der Waals surface area (Å²) in [4.78, 5) is 65.7. The number of carbonyl (C=O) groups is 4. The molecule has 0 aliphatic rings. The van der Waals surface area contributed by atoms with Gasteiger partial charge in [-0.15, -0.1) is 9.79 Å². The fourth-order valence-electron chi connectivity index (χ4n) is 3.50. The van der Waals surface area contributed by atoms with Gasteiger partial charge in [0.2, 0.25) is 17.7 Å². The van der Waals surface area contributed by atoms with E-state index < -0.39 is 88.5 Å². The van der Waals surface area contributed by atoms with Gasteiger partial charge in [0.15, 0.2) is 0 Å². The van der Waals surface area contributed by atoms with Crippen LogP contribution in [0, 0.1) is 0 Å². The number of aliphatic carboxylic acids is 1. The fourth-order valence-corrected chi connectivity index (χ4v) is 4.10. The Hall–Kier alpha value is -3.92. The molecular weight excluding hydrogens is 632 g/mol. The lowest BCUT2D eigenvalue weighted by atomic mass is 10.0. The summed E-state index contributed by atoms with van der Waals surface area (Å²) in [5.41, 5.74) is 4.02. The highest BCUT2D eigenvalue weighted by Crippen LogP contribution is 2.38. The van der Waals surface area contributed by atoms with Crippen LogP contribution in [0.5, 0.6) is 0 Å². The number of primary amides is 1. The highest BCUT2D eigenvalue weighted by Gasteiger charge is 2.44. The number of rotatable bonds is 16. The molecule has 232 valence electrons. The van der Waals surface area contributed by atoms with Crippen LogP contribution in [0.2, 0.25) is 0 Å². The average Bonchev–Trinajstić information content (AvgIpc) is 2.86. The van der Waals surface area contributed by atoms with Crippen molar-refractivity contribution in [1.29, 1.82) is 0 Å². The number of nitrogens with one attached hydrogen (secondary N) is 2. The molecule has 14 nitrogen and oxygen atoms in total. The van der Waals surface area contributed by atoms with Gasteiger partial charge in [0.05, 0.1) is 24.0 Å². The second kappa shape index (κ2) is 15.0. The Morgan fingerprint density at radius 3 is 1.63 bits per heavy atom. The van der Waals surface area contributed by atoms with Crippen LogP contribution >= 0.6 is 16.5 Å². The van der Waals surface area contributed by atoms with Crippen molar-refractivity contribution >= 4 is 40.2 Å². The largest absolute Gasteiger partial charge is 0.701 e. The zero-order valence-corrected chi connectivity index (χ0v) is 23.3. The maximum absolute atomic E-state index is 13.8. The summed E-state index contributed by atoms with van der Waals surface area (Å²) in [5.74, 6) is -4.69. The van der Waals surface area contributed by atoms with Crippen molar-refractivity contribution < 1.29 is 69.8 Å². The quantitative estimate of drug-likeness (QED) is 0.113. The van der Waals surface area contributed by atoms with Crippen molar-refractivity contribution in [2.75, 3.05) is 0 Å². The number of alkyl halides is 4. The van der Waals surface area contributed by atoms with Crippen LogP contribution in [-0.2, 0) is 62.4 Å². The first-order chi connectivity index (χ1) is 19.9. The van der Waals surface area contributed by atoms with Gasteiger partial charge in [0.1, 0.15) is 12.1 Å². The van der Waals surface area contributed by atoms with Crippen LogP contribution in [0.4, 0.5) is 17.6 Å². The van der Waals surface area contributed by atoms with Crippen LogP contribution in [0.1, 0.15) is 28.7 Å². The third kappa shape index (κ3) is 11.4. The average molecular weight is 655 g/mol. The molecule has 4 atom stereocenters. The standard InChI is InChI=1S/C23H21F4N3O11P2/c24-22(25,40-42(36)37)14-5-1-12(2-6-14)9-16(20(28)34)30-21(35)17(11-19(32)33)29-18(31)10-13-3-7-15(8-4-13)23(26,27)41-43(38)39/h1-8,16-17H,9-11H2,(H5-2,28,29,30,31,32,33,34,35,36,37,38,39)/p+2/t16-,17-/m0/s1. The summed E-state index contributed by atoms with van der Waals surface area (Å²) in [6.07, 6.45) is -10.0. The smallest absolute Gasteiger partial charge is 0.481 e. The topological polar surface area (TPSA) is 232 Å². The van der Waals surface area contributed by atoms with Crippen LogP contribution in [-0.4, -0.2) is 50.7 Å². The van der Waals surface area contributed by atoms with Gasteiger partial charge in [-0.05, 0) is 44.4 Å². The molecule has 3 amide bonds. The van der Waals surface area contributed by atoms with E-state index in [1.54, 1.807) is 0 Å². The lowest BCUT2D eigenvalue weighted by Crippen LogP contribution is -2.54. The third-order valence-corrected chi connectivity index (χ3v) is 6.23. The van der Waals surface area contributed by atoms with Gasteiger partial charge in [-0.2, -0.15) is 17.6 Å². The van der Waals surface area contributed by atoms with Crippen LogP contribution in [0.25, 0.3) is 0 Å². The van der Waals surface area contributed by atoms with Crippen LogP contribution in [0.3, 0.4) is 0 Å². The summed E-state index contributed by atoms with van der Waals surface area (Å²) < 4.78 is 83.6. The number of carbonyl (C=O) groups excluding carboxylic acids is 3. The van der Waals surface area contributed by atoms with Gasteiger partial charge in [0.25, 0.3) is 0 Å². The maximum Gasteiger partial charge on any atom is 0.701 e. The summed E-state index contributed by atoms with van der Waals surface area (Å²) in [5, 5.41) is 13.5. The van der Waals surface area contributed by atoms with Gasteiger partial charge < -0.3 is 21.5 Å². The van der Waals surface area contributed by atoms with Gasteiger partial charge in [-0.25, -0.2) is 0 Å². The summed E-state index contributed by atoms with van der Waals surface area (Å²) >= 11 is 0. The predicted octanol–water partition coefficient (Wildman–Crippen LogP) is 1.83. The van der Waals surface area contributed by atoms with E-state index in [0.717, 1.165) is 48.5 Å². The number of amides is 3. The number of nitrogens with two attached hydrogens (primary N) is 1. The molecule has 0 bridgehead atoms. The minimum Gasteiger partial charge on any atom is -0.481 e. The maximum atomic E-state index is 13.8. The van der Waals surface area contributed by atoms with Gasteiger partial charge in [-0.1, -0.05) is 24.3 Å². The Morgan fingerprint density at radius 1 is 0.791 bits per heavy atom. The fraction of sp³-hybridized carbons (Fsp3) is 0.304. The van der Waals surface area contributed by atoms with Crippen LogP contribution in [0.15, 0.2) is 48.5 Å². The van der Waals surface area contributed by atoms with Crippen molar-refractivity contribution in [1.82, 2.24) is 10.6 Å². The minimum absolute atomic E-state index is 0.125. The molecular formula is C23H23F4N3O11P2+2. The molecule has 2 rings (SSSR count). The molecule has 0 heterocycles. The zero-order valence-electron chi connectivity index (χ0n) is 21.5. The molecule has 0 saturated carbocycles. The molecule has 2 unspecified atom stereocenters. The molecule has 43 heavy (non-hydrogen) atoms. The van der Waals surface area contributed by atoms with E-state index in [1.807, 2.05) is 0 Å². The van der Waals surface area contributed by atoms with Crippen LogP contribution < -0.4 is 16.4 Å². The van der Waals surface area contributed by atoms with Gasteiger partial charge in [-0.3, -0.25) is 19.2 Å². The first-order valence-corrected chi connectivity index (χ1v) is 13.9. The number of halogens is 4. The Morgan fingerprint density at radius 2 is 1.23 bits per heavy atom. The normalized spacial score (nSPS) is 13.8. The number of hydrogen-bond donors (Lipinski definition) is 6. The molecule has 7 N–H and O–H groups in total. The van der Waals surface area contributed by atoms with E-state index in [2.05, 4.69) is 19.7 Å². The summed E-state index contributed by atoms with van der Waals surface area (Å²) in [6.45, 7) is 0. The van der Waals surface area contributed by atoms with Crippen molar-refractivity contribution in [3.8, 4) is 0 Å². The van der Waals surface area contributed by atoms with Crippen molar-refractivity contribution in [2.24, 2.45) is 5.73 Å². The highest BCUT2D eigenvalue weighted by molar-refractivity contribution is 7.32. The van der Waals surface area contributed by atoms with Crippen molar-refractivity contribution in [2.45, 2.75) is 43.6 Å². The van der Waals surface area contributed by atoms with E-state index >= 15 is 0 Å². The number of carboxylic acids is 1. The van der Waals surface area contributed by atoms with Crippen molar-refractivity contribution in [3.05, 3.63) is 70.8 Å². The molecule has 0 saturated heterocycles. The lowest BCUT2D eigenvalue weighted by Gasteiger charge is -2.21. The monoisotopic (exact) mass is 655 g/mol. The summed E-state index contributed by atoms with van der Waals surface area (Å²) in [7, 11) is -7.24.